The molecule has 0 saturated carbocycles. The highest BCUT2D eigenvalue weighted by molar-refractivity contribution is 7.15. The molecular weight excluding hydrogens is 242 g/mol. The van der Waals surface area contributed by atoms with Gasteiger partial charge in [0.2, 0.25) is 0 Å². The van der Waals surface area contributed by atoms with E-state index in [9.17, 15) is 0 Å². The Balaban J connectivity index is 1.99. The van der Waals surface area contributed by atoms with Crippen LogP contribution in [0, 0.1) is 12.8 Å². The third kappa shape index (κ3) is 1.79. The molecule has 98 valence electrons. The number of aromatic nitrogens is 2. The first-order valence-electron chi connectivity index (χ1n) is 6.78. The van der Waals surface area contributed by atoms with Gasteiger partial charge in [-0.3, -0.25) is 4.40 Å². The van der Waals surface area contributed by atoms with Gasteiger partial charge in [-0.05, 0) is 32.2 Å². The van der Waals surface area contributed by atoms with E-state index in [1.165, 1.54) is 24.2 Å². The first-order valence-corrected chi connectivity index (χ1v) is 7.66. The van der Waals surface area contributed by atoms with Crippen molar-refractivity contribution in [1.29, 1.82) is 0 Å². The monoisotopic (exact) mass is 263 g/mol. The van der Waals surface area contributed by atoms with Crippen LogP contribution in [0.2, 0.25) is 0 Å². The van der Waals surface area contributed by atoms with Gasteiger partial charge >= 0.3 is 0 Å². The van der Waals surface area contributed by atoms with Crippen LogP contribution < -0.4 is 5.32 Å². The molecule has 4 heteroatoms. The molecule has 0 amide bonds. The minimum Gasteiger partial charge on any atom is -0.311 e. The van der Waals surface area contributed by atoms with E-state index in [0.717, 1.165) is 17.9 Å². The Morgan fingerprint density at radius 1 is 1.56 bits per heavy atom. The summed E-state index contributed by atoms with van der Waals surface area (Å²) in [6.45, 7) is 7.96. The van der Waals surface area contributed by atoms with Crippen LogP contribution in [0.1, 0.15) is 38.1 Å². The number of nitrogens with one attached hydrogen (secondary N) is 1. The highest BCUT2D eigenvalue weighted by Gasteiger charge is 2.37. The average Bonchev–Trinajstić information content (AvgIpc) is 2.98. The summed E-state index contributed by atoms with van der Waals surface area (Å²) >= 11 is 1.72. The summed E-state index contributed by atoms with van der Waals surface area (Å²) in [4.78, 5) is 5.78. The Morgan fingerprint density at radius 3 is 3.06 bits per heavy atom. The largest absolute Gasteiger partial charge is 0.311 e. The normalized spacial score (nSPS) is 24.4. The van der Waals surface area contributed by atoms with E-state index in [-0.39, 0.29) is 5.54 Å². The van der Waals surface area contributed by atoms with Gasteiger partial charge in [-0.2, -0.15) is 0 Å². The van der Waals surface area contributed by atoms with Gasteiger partial charge in [-0.15, -0.1) is 11.3 Å². The number of thiazole rings is 1. The fourth-order valence-corrected chi connectivity index (χ4v) is 3.91. The van der Waals surface area contributed by atoms with Crippen LogP contribution in [0.4, 0.5) is 0 Å². The van der Waals surface area contributed by atoms with Crippen molar-refractivity contribution in [2.45, 2.75) is 45.6 Å². The number of fused-ring (bicyclic) bond motifs is 1. The van der Waals surface area contributed by atoms with Gasteiger partial charge in [0, 0.05) is 29.2 Å². The highest BCUT2D eigenvalue weighted by atomic mass is 32.1. The molecule has 1 aliphatic rings. The predicted octanol–water partition coefficient (Wildman–Crippen LogP) is 3.02. The molecule has 0 spiro atoms. The van der Waals surface area contributed by atoms with E-state index in [2.05, 4.69) is 47.0 Å². The number of nitrogens with zero attached hydrogens (tertiary/aromatic N) is 2. The van der Waals surface area contributed by atoms with Crippen molar-refractivity contribution in [2.75, 3.05) is 6.54 Å². The first kappa shape index (κ1) is 12.2. The standard InChI is InChI=1S/C14H21N3S/c1-10(2)14(5-4-6-15-14)9-12-11(3)16-13-17(12)7-8-18-13/h7-8,10,15H,4-6,9H2,1-3H3. The van der Waals surface area contributed by atoms with E-state index in [1.807, 2.05) is 0 Å². The zero-order chi connectivity index (χ0) is 12.8. The lowest BCUT2D eigenvalue weighted by Gasteiger charge is -2.34. The second-order valence-corrected chi connectivity index (χ2v) is 6.59. The second kappa shape index (κ2) is 4.35. The van der Waals surface area contributed by atoms with Gasteiger partial charge in [-0.1, -0.05) is 13.8 Å². The van der Waals surface area contributed by atoms with E-state index in [4.69, 9.17) is 0 Å². The molecule has 0 aliphatic carbocycles. The smallest absolute Gasteiger partial charge is 0.194 e. The topological polar surface area (TPSA) is 29.3 Å². The van der Waals surface area contributed by atoms with Gasteiger partial charge in [0.05, 0.1) is 5.69 Å². The lowest BCUT2D eigenvalue weighted by molar-refractivity contribution is 0.266. The number of aryl methyl sites for hydroxylation is 1. The molecule has 1 atom stereocenters. The molecule has 2 aromatic rings. The molecular formula is C14H21N3S. The number of rotatable bonds is 3. The Bertz CT molecular complexity index is 546. The zero-order valence-corrected chi connectivity index (χ0v) is 12.2. The molecule has 0 bridgehead atoms. The van der Waals surface area contributed by atoms with E-state index < -0.39 is 0 Å². The van der Waals surface area contributed by atoms with Crippen LogP contribution in [0.5, 0.6) is 0 Å². The SMILES string of the molecule is Cc1nc2sccn2c1CC1(C(C)C)CCCN1. The lowest BCUT2D eigenvalue weighted by atomic mass is 9.81. The first-order chi connectivity index (χ1) is 8.62. The summed E-state index contributed by atoms with van der Waals surface area (Å²) in [5, 5.41) is 5.87. The molecule has 1 saturated heterocycles. The average molecular weight is 263 g/mol. The zero-order valence-electron chi connectivity index (χ0n) is 11.4. The van der Waals surface area contributed by atoms with E-state index in [0.29, 0.717) is 5.92 Å². The van der Waals surface area contributed by atoms with Gasteiger partial charge in [0.1, 0.15) is 0 Å². The van der Waals surface area contributed by atoms with Crippen LogP contribution >= 0.6 is 11.3 Å². The van der Waals surface area contributed by atoms with Crippen LogP contribution in [-0.4, -0.2) is 21.5 Å². The van der Waals surface area contributed by atoms with Crippen molar-refractivity contribution in [3.05, 3.63) is 23.0 Å². The molecule has 3 rings (SSSR count). The van der Waals surface area contributed by atoms with Gasteiger partial charge in [0.25, 0.3) is 0 Å². The minimum absolute atomic E-state index is 0.267. The van der Waals surface area contributed by atoms with E-state index in [1.54, 1.807) is 11.3 Å². The quantitative estimate of drug-likeness (QED) is 0.922. The molecule has 18 heavy (non-hydrogen) atoms. The van der Waals surface area contributed by atoms with Gasteiger partial charge < -0.3 is 5.32 Å². The van der Waals surface area contributed by atoms with Crippen LogP contribution in [0.3, 0.4) is 0 Å². The Hall–Kier alpha value is -0.870. The van der Waals surface area contributed by atoms with Crippen molar-refractivity contribution in [1.82, 2.24) is 14.7 Å². The van der Waals surface area contributed by atoms with Crippen molar-refractivity contribution in [3.8, 4) is 0 Å². The van der Waals surface area contributed by atoms with Crippen LogP contribution in [0.25, 0.3) is 4.96 Å². The Labute approximate surface area is 112 Å². The van der Waals surface area contributed by atoms with Gasteiger partial charge in [-0.25, -0.2) is 4.98 Å². The van der Waals surface area contributed by atoms with Crippen molar-refractivity contribution >= 4 is 16.3 Å². The summed E-state index contributed by atoms with van der Waals surface area (Å²) in [6, 6.07) is 0. The fraction of sp³-hybridized carbons (Fsp3) is 0.643. The van der Waals surface area contributed by atoms with Crippen molar-refractivity contribution in [3.63, 3.8) is 0 Å². The highest BCUT2D eigenvalue weighted by Crippen LogP contribution is 2.32. The molecule has 0 aromatic carbocycles. The molecule has 1 fully saturated rings. The summed E-state index contributed by atoms with van der Waals surface area (Å²) < 4.78 is 2.27. The summed E-state index contributed by atoms with van der Waals surface area (Å²) in [7, 11) is 0. The van der Waals surface area contributed by atoms with Crippen molar-refractivity contribution < 1.29 is 0 Å². The Kier molecular flexibility index (Phi) is 2.94. The third-order valence-corrected chi connectivity index (χ3v) is 5.18. The molecule has 1 N–H and O–H groups in total. The molecule has 3 heterocycles. The second-order valence-electron chi connectivity index (χ2n) is 5.72. The summed E-state index contributed by atoms with van der Waals surface area (Å²) in [5.74, 6) is 0.656. The predicted molar refractivity (Wildman–Crippen MR) is 76.3 cm³/mol. The molecule has 1 unspecified atom stereocenters. The van der Waals surface area contributed by atoms with Gasteiger partial charge in [0.15, 0.2) is 4.96 Å². The summed E-state index contributed by atoms with van der Waals surface area (Å²) in [6.07, 6.45) is 5.82. The van der Waals surface area contributed by atoms with Crippen LogP contribution in [0.15, 0.2) is 11.6 Å². The Morgan fingerprint density at radius 2 is 2.39 bits per heavy atom. The maximum absolute atomic E-state index is 4.66. The molecule has 1 aliphatic heterocycles. The molecule has 0 radical (unpaired) electrons. The minimum atomic E-state index is 0.267. The maximum Gasteiger partial charge on any atom is 0.194 e. The summed E-state index contributed by atoms with van der Waals surface area (Å²) in [5.41, 5.74) is 2.84. The van der Waals surface area contributed by atoms with E-state index >= 15 is 0 Å². The molecule has 2 aromatic heterocycles. The third-order valence-electron chi connectivity index (χ3n) is 4.43. The fourth-order valence-electron chi connectivity index (χ4n) is 3.13. The van der Waals surface area contributed by atoms with Crippen molar-refractivity contribution in [2.24, 2.45) is 5.92 Å². The lowest BCUT2D eigenvalue weighted by Crippen LogP contribution is -2.47. The molecule has 3 nitrogen and oxygen atoms in total. The number of hydrogen-bond acceptors (Lipinski definition) is 3. The number of imidazole rings is 1. The van der Waals surface area contributed by atoms with Crippen LogP contribution in [-0.2, 0) is 6.42 Å². The number of hydrogen-bond donors (Lipinski definition) is 1. The maximum atomic E-state index is 4.66.